The fourth-order valence-corrected chi connectivity index (χ4v) is 3.82. The van der Waals surface area contributed by atoms with Crippen LogP contribution >= 0.6 is 0 Å². The molecule has 4 atom stereocenters. The molecule has 0 saturated carbocycles. The average molecular weight is 267 g/mol. The molecule has 2 heterocycles. The maximum Gasteiger partial charge on any atom is 0.0120 e. The standard InChI is InChI=1S/C16H33N3/c1-5-8-17-16-7-10-19(14(3)13(16)2)12-15-6-9-18(4)11-15/h13-17H,5-12H2,1-4H3. The Bertz CT molecular complexity index is 269. The van der Waals surface area contributed by atoms with E-state index in [0.717, 1.165) is 23.9 Å². The van der Waals surface area contributed by atoms with Crippen LogP contribution in [0.5, 0.6) is 0 Å². The quantitative estimate of drug-likeness (QED) is 0.822. The SMILES string of the molecule is CCCNC1CCN(CC2CCN(C)C2)C(C)C1C. The fraction of sp³-hybridized carbons (Fsp3) is 1.00. The van der Waals surface area contributed by atoms with E-state index in [1.807, 2.05) is 0 Å². The number of piperidine rings is 1. The topological polar surface area (TPSA) is 18.5 Å². The zero-order chi connectivity index (χ0) is 13.8. The second-order valence-corrected chi connectivity index (χ2v) is 6.86. The Morgan fingerprint density at radius 3 is 2.58 bits per heavy atom. The Morgan fingerprint density at radius 2 is 1.95 bits per heavy atom. The molecule has 3 nitrogen and oxygen atoms in total. The Balaban J connectivity index is 1.81. The van der Waals surface area contributed by atoms with E-state index in [-0.39, 0.29) is 0 Å². The van der Waals surface area contributed by atoms with E-state index in [1.54, 1.807) is 0 Å². The molecule has 1 N–H and O–H groups in total. The third-order valence-electron chi connectivity index (χ3n) is 5.34. The lowest BCUT2D eigenvalue weighted by Gasteiger charge is -2.44. The molecule has 19 heavy (non-hydrogen) atoms. The highest BCUT2D eigenvalue weighted by Crippen LogP contribution is 2.26. The highest BCUT2D eigenvalue weighted by Gasteiger charge is 2.33. The first kappa shape index (κ1) is 15.3. The van der Waals surface area contributed by atoms with E-state index in [0.29, 0.717) is 0 Å². The molecule has 0 aliphatic carbocycles. The van der Waals surface area contributed by atoms with Crippen molar-refractivity contribution in [2.24, 2.45) is 11.8 Å². The summed E-state index contributed by atoms with van der Waals surface area (Å²) in [5.74, 6) is 1.68. The molecular formula is C16H33N3. The van der Waals surface area contributed by atoms with Gasteiger partial charge in [-0.15, -0.1) is 0 Å². The van der Waals surface area contributed by atoms with Crippen molar-refractivity contribution < 1.29 is 0 Å². The van der Waals surface area contributed by atoms with Crippen LogP contribution in [0.25, 0.3) is 0 Å². The number of rotatable bonds is 5. The van der Waals surface area contributed by atoms with Gasteiger partial charge >= 0.3 is 0 Å². The molecule has 2 aliphatic rings. The summed E-state index contributed by atoms with van der Waals surface area (Å²) in [6, 6.07) is 1.46. The zero-order valence-corrected chi connectivity index (χ0v) is 13.4. The van der Waals surface area contributed by atoms with Crippen molar-refractivity contribution in [2.45, 2.75) is 52.1 Å². The van der Waals surface area contributed by atoms with E-state index < -0.39 is 0 Å². The molecule has 0 amide bonds. The van der Waals surface area contributed by atoms with Crippen LogP contribution in [0.2, 0.25) is 0 Å². The molecule has 2 aliphatic heterocycles. The Hall–Kier alpha value is -0.120. The lowest BCUT2D eigenvalue weighted by atomic mass is 9.86. The lowest BCUT2D eigenvalue weighted by Crippen LogP contribution is -2.54. The molecule has 0 aromatic heterocycles. The Kier molecular flexibility index (Phi) is 5.67. The van der Waals surface area contributed by atoms with E-state index in [4.69, 9.17) is 0 Å². The summed E-state index contributed by atoms with van der Waals surface area (Å²) < 4.78 is 0. The molecule has 0 bridgehead atoms. The van der Waals surface area contributed by atoms with Crippen molar-refractivity contribution >= 4 is 0 Å². The van der Waals surface area contributed by atoms with Crippen molar-refractivity contribution in [2.75, 3.05) is 39.8 Å². The van der Waals surface area contributed by atoms with Gasteiger partial charge in [0.15, 0.2) is 0 Å². The second kappa shape index (κ2) is 7.05. The number of nitrogens with zero attached hydrogens (tertiary/aromatic N) is 2. The molecule has 2 rings (SSSR count). The number of nitrogens with one attached hydrogen (secondary N) is 1. The van der Waals surface area contributed by atoms with Crippen LogP contribution in [-0.4, -0.2) is 61.7 Å². The average Bonchev–Trinajstić information content (AvgIpc) is 2.80. The molecule has 3 heteroatoms. The molecule has 0 aromatic rings. The molecule has 0 aromatic carbocycles. The first-order valence-electron chi connectivity index (χ1n) is 8.27. The summed E-state index contributed by atoms with van der Waals surface area (Å²) in [7, 11) is 2.26. The maximum atomic E-state index is 3.74. The van der Waals surface area contributed by atoms with Crippen molar-refractivity contribution in [3.8, 4) is 0 Å². The lowest BCUT2D eigenvalue weighted by molar-refractivity contribution is 0.0715. The van der Waals surface area contributed by atoms with E-state index in [2.05, 4.69) is 42.9 Å². The van der Waals surface area contributed by atoms with Gasteiger partial charge in [-0.1, -0.05) is 13.8 Å². The van der Waals surface area contributed by atoms with E-state index >= 15 is 0 Å². The van der Waals surface area contributed by atoms with Crippen LogP contribution in [-0.2, 0) is 0 Å². The van der Waals surface area contributed by atoms with E-state index in [9.17, 15) is 0 Å². The van der Waals surface area contributed by atoms with Gasteiger partial charge in [0, 0.05) is 25.2 Å². The van der Waals surface area contributed by atoms with Gasteiger partial charge in [0.05, 0.1) is 0 Å². The van der Waals surface area contributed by atoms with Crippen LogP contribution in [0.3, 0.4) is 0 Å². The molecule has 2 fully saturated rings. The first-order chi connectivity index (χ1) is 9.11. The van der Waals surface area contributed by atoms with Gasteiger partial charge in [0.2, 0.25) is 0 Å². The predicted molar refractivity (Wildman–Crippen MR) is 82.5 cm³/mol. The van der Waals surface area contributed by atoms with Gasteiger partial charge in [0.1, 0.15) is 0 Å². The fourth-order valence-electron chi connectivity index (χ4n) is 3.82. The van der Waals surface area contributed by atoms with Crippen LogP contribution in [0.1, 0.15) is 40.0 Å². The van der Waals surface area contributed by atoms with Crippen LogP contribution in [0.4, 0.5) is 0 Å². The number of hydrogen-bond acceptors (Lipinski definition) is 3. The number of likely N-dealkylation sites (tertiary alicyclic amines) is 2. The minimum Gasteiger partial charge on any atom is -0.314 e. The summed E-state index contributed by atoms with van der Waals surface area (Å²) in [6.07, 6.45) is 3.97. The molecule has 112 valence electrons. The minimum atomic E-state index is 0.731. The zero-order valence-electron chi connectivity index (χ0n) is 13.4. The van der Waals surface area contributed by atoms with Crippen LogP contribution in [0, 0.1) is 11.8 Å². The smallest absolute Gasteiger partial charge is 0.0120 e. The first-order valence-corrected chi connectivity index (χ1v) is 8.27. The normalized spacial score (nSPS) is 37.9. The van der Waals surface area contributed by atoms with Gasteiger partial charge in [0.25, 0.3) is 0 Å². The second-order valence-electron chi connectivity index (χ2n) is 6.86. The molecular weight excluding hydrogens is 234 g/mol. The van der Waals surface area contributed by atoms with Crippen molar-refractivity contribution in [3.63, 3.8) is 0 Å². The van der Waals surface area contributed by atoms with Gasteiger partial charge < -0.3 is 10.2 Å². The van der Waals surface area contributed by atoms with Crippen molar-refractivity contribution in [1.29, 1.82) is 0 Å². The molecule has 0 radical (unpaired) electrons. The highest BCUT2D eigenvalue weighted by atomic mass is 15.2. The third kappa shape index (κ3) is 3.93. The summed E-state index contributed by atoms with van der Waals surface area (Å²) in [6.45, 7) is 13.5. The third-order valence-corrected chi connectivity index (χ3v) is 5.34. The van der Waals surface area contributed by atoms with Crippen molar-refractivity contribution in [3.05, 3.63) is 0 Å². The van der Waals surface area contributed by atoms with Crippen LogP contribution in [0.15, 0.2) is 0 Å². The highest BCUT2D eigenvalue weighted by molar-refractivity contribution is 4.90. The molecule has 2 saturated heterocycles. The van der Waals surface area contributed by atoms with Crippen molar-refractivity contribution in [1.82, 2.24) is 15.1 Å². The van der Waals surface area contributed by atoms with E-state index in [1.165, 1.54) is 52.0 Å². The predicted octanol–water partition coefficient (Wildman–Crippen LogP) is 2.04. The minimum absolute atomic E-state index is 0.731. The Labute approximate surface area is 119 Å². The maximum absolute atomic E-state index is 3.74. The monoisotopic (exact) mass is 267 g/mol. The molecule has 4 unspecified atom stereocenters. The number of hydrogen-bond donors (Lipinski definition) is 1. The van der Waals surface area contributed by atoms with Gasteiger partial charge in [-0.25, -0.2) is 0 Å². The summed E-state index contributed by atoms with van der Waals surface area (Å²) in [5, 5.41) is 3.74. The summed E-state index contributed by atoms with van der Waals surface area (Å²) in [4.78, 5) is 5.23. The largest absolute Gasteiger partial charge is 0.314 e. The Morgan fingerprint density at radius 1 is 1.16 bits per heavy atom. The van der Waals surface area contributed by atoms with Gasteiger partial charge in [-0.05, 0) is 64.7 Å². The summed E-state index contributed by atoms with van der Waals surface area (Å²) >= 11 is 0. The van der Waals surface area contributed by atoms with Gasteiger partial charge in [-0.3, -0.25) is 4.90 Å². The van der Waals surface area contributed by atoms with Gasteiger partial charge in [-0.2, -0.15) is 0 Å². The summed E-state index contributed by atoms with van der Waals surface area (Å²) in [5.41, 5.74) is 0. The molecule has 0 spiro atoms. The van der Waals surface area contributed by atoms with Crippen LogP contribution < -0.4 is 5.32 Å².